The number of rotatable bonds is 5. The van der Waals surface area contributed by atoms with Gasteiger partial charge in [-0.3, -0.25) is 14.9 Å². The molecule has 0 saturated carbocycles. The number of amides is 1. The minimum Gasteiger partial charge on any atom is -0.459 e. The Kier molecular flexibility index (Phi) is 4.52. The number of benzene rings is 2. The number of nitrogens with zero attached hydrogens (tertiary/aromatic N) is 1. The smallest absolute Gasteiger partial charge is 0.273 e. The van der Waals surface area contributed by atoms with Crippen LogP contribution in [0.1, 0.15) is 29.9 Å². The summed E-state index contributed by atoms with van der Waals surface area (Å²) in [5.41, 5.74) is 2.09. The van der Waals surface area contributed by atoms with E-state index in [0.29, 0.717) is 11.3 Å². The molecule has 0 aliphatic heterocycles. The van der Waals surface area contributed by atoms with Crippen LogP contribution in [0.5, 0.6) is 0 Å². The highest BCUT2D eigenvalue weighted by Crippen LogP contribution is 2.29. The first kappa shape index (κ1) is 16.7. The average Bonchev–Trinajstić information content (AvgIpc) is 2.92. The SMILES string of the molecule is Cc1c(C(C)NC(=O)Cc2ccccc2[N+](=O)[O-])oc2ccccc12. The van der Waals surface area contributed by atoms with Gasteiger partial charge < -0.3 is 9.73 Å². The maximum atomic E-state index is 12.3. The van der Waals surface area contributed by atoms with E-state index in [4.69, 9.17) is 4.42 Å². The van der Waals surface area contributed by atoms with E-state index in [1.807, 2.05) is 38.1 Å². The molecule has 0 aliphatic rings. The normalized spacial score (nSPS) is 12.1. The molecule has 6 heteroatoms. The predicted octanol–water partition coefficient (Wildman–Crippen LogP) is 4.07. The maximum Gasteiger partial charge on any atom is 0.273 e. The van der Waals surface area contributed by atoms with E-state index >= 15 is 0 Å². The molecule has 6 nitrogen and oxygen atoms in total. The highest BCUT2D eigenvalue weighted by atomic mass is 16.6. The lowest BCUT2D eigenvalue weighted by Gasteiger charge is -2.12. The number of fused-ring (bicyclic) bond motifs is 1. The van der Waals surface area contributed by atoms with E-state index in [9.17, 15) is 14.9 Å². The summed E-state index contributed by atoms with van der Waals surface area (Å²) in [5.74, 6) is 0.402. The van der Waals surface area contributed by atoms with Gasteiger partial charge in [0.25, 0.3) is 5.69 Å². The van der Waals surface area contributed by atoms with Gasteiger partial charge in [-0.15, -0.1) is 0 Å². The molecule has 1 N–H and O–H groups in total. The second-order valence-electron chi connectivity index (χ2n) is 5.94. The van der Waals surface area contributed by atoms with Gasteiger partial charge >= 0.3 is 0 Å². The second-order valence-corrected chi connectivity index (χ2v) is 5.94. The van der Waals surface area contributed by atoms with Gasteiger partial charge in [0.2, 0.25) is 5.91 Å². The van der Waals surface area contributed by atoms with E-state index in [-0.39, 0.29) is 24.1 Å². The van der Waals surface area contributed by atoms with Crippen molar-refractivity contribution in [3.63, 3.8) is 0 Å². The zero-order valence-electron chi connectivity index (χ0n) is 14.0. The lowest BCUT2D eigenvalue weighted by atomic mass is 10.1. The summed E-state index contributed by atoms with van der Waals surface area (Å²) in [6, 6.07) is 13.6. The van der Waals surface area contributed by atoms with Crippen LogP contribution in [0, 0.1) is 17.0 Å². The van der Waals surface area contributed by atoms with E-state index in [0.717, 1.165) is 16.5 Å². The topological polar surface area (TPSA) is 85.4 Å². The Hall–Kier alpha value is -3.15. The van der Waals surface area contributed by atoms with Crippen molar-refractivity contribution in [2.75, 3.05) is 0 Å². The summed E-state index contributed by atoms with van der Waals surface area (Å²) in [6.07, 6.45) is -0.0548. The van der Waals surface area contributed by atoms with Crippen molar-refractivity contribution >= 4 is 22.6 Å². The third kappa shape index (κ3) is 3.38. The number of hydrogen-bond donors (Lipinski definition) is 1. The van der Waals surface area contributed by atoms with Gasteiger partial charge in [0, 0.05) is 22.6 Å². The van der Waals surface area contributed by atoms with Crippen LogP contribution in [-0.2, 0) is 11.2 Å². The highest BCUT2D eigenvalue weighted by Gasteiger charge is 2.20. The Balaban J connectivity index is 1.76. The Bertz CT molecular complexity index is 946. The standard InChI is InChI=1S/C19H18N2O4/c1-12-15-8-4-6-10-17(15)25-19(12)13(2)20-18(22)11-14-7-3-5-9-16(14)21(23)24/h3-10,13H,11H2,1-2H3,(H,20,22). The number of carbonyl (C=O) groups excluding carboxylic acids is 1. The van der Waals surface area contributed by atoms with Crippen molar-refractivity contribution in [3.8, 4) is 0 Å². The molecule has 0 fully saturated rings. The largest absolute Gasteiger partial charge is 0.459 e. The Morgan fingerprint density at radius 3 is 2.60 bits per heavy atom. The molecule has 1 atom stereocenters. The lowest BCUT2D eigenvalue weighted by molar-refractivity contribution is -0.385. The van der Waals surface area contributed by atoms with Crippen LogP contribution >= 0.6 is 0 Å². The fourth-order valence-electron chi connectivity index (χ4n) is 2.98. The number of nitrogens with one attached hydrogen (secondary N) is 1. The first-order valence-electron chi connectivity index (χ1n) is 7.97. The number of furan rings is 1. The van der Waals surface area contributed by atoms with Gasteiger partial charge in [0.05, 0.1) is 17.4 Å². The molecule has 2 aromatic carbocycles. The molecule has 0 saturated heterocycles. The number of nitro benzene ring substituents is 1. The fraction of sp³-hybridized carbons (Fsp3) is 0.211. The van der Waals surface area contributed by atoms with Crippen LogP contribution in [0.3, 0.4) is 0 Å². The summed E-state index contributed by atoms with van der Waals surface area (Å²) in [7, 11) is 0. The van der Waals surface area contributed by atoms with Crippen molar-refractivity contribution in [1.29, 1.82) is 0 Å². The molecule has 3 rings (SSSR count). The molecular weight excluding hydrogens is 320 g/mol. The third-order valence-corrected chi connectivity index (χ3v) is 4.19. The van der Waals surface area contributed by atoms with Gasteiger partial charge in [0.1, 0.15) is 11.3 Å². The molecule has 0 spiro atoms. The molecule has 128 valence electrons. The maximum absolute atomic E-state index is 12.3. The minimum absolute atomic E-state index is 0.0507. The van der Waals surface area contributed by atoms with E-state index in [1.165, 1.54) is 6.07 Å². The van der Waals surface area contributed by atoms with E-state index in [2.05, 4.69) is 5.32 Å². The molecule has 25 heavy (non-hydrogen) atoms. The molecule has 0 aliphatic carbocycles. The van der Waals surface area contributed by atoms with E-state index in [1.54, 1.807) is 18.2 Å². The molecule has 1 unspecified atom stereocenters. The summed E-state index contributed by atoms with van der Waals surface area (Å²) >= 11 is 0. The summed E-state index contributed by atoms with van der Waals surface area (Å²) in [5, 5.41) is 14.9. The molecule has 3 aromatic rings. The number of nitro groups is 1. The third-order valence-electron chi connectivity index (χ3n) is 4.19. The lowest BCUT2D eigenvalue weighted by Crippen LogP contribution is -2.28. The molecule has 0 radical (unpaired) electrons. The van der Waals surface area contributed by atoms with Crippen molar-refractivity contribution < 1.29 is 14.1 Å². The van der Waals surface area contributed by atoms with Crippen molar-refractivity contribution in [1.82, 2.24) is 5.32 Å². The Morgan fingerprint density at radius 1 is 1.20 bits per heavy atom. The van der Waals surface area contributed by atoms with Gasteiger partial charge in [-0.1, -0.05) is 36.4 Å². The zero-order valence-corrected chi connectivity index (χ0v) is 14.0. The molecule has 1 heterocycles. The van der Waals surface area contributed by atoms with Crippen LogP contribution < -0.4 is 5.32 Å². The molecular formula is C19H18N2O4. The summed E-state index contributed by atoms with van der Waals surface area (Å²) in [4.78, 5) is 22.9. The van der Waals surface area contributed by atoms with Crippen molar-refractivity contribution in [3.05, 3.63) is 75.5 Å². The average molecular weight is 338 g/mol. The van der Waals surface area contributed by atoms with E-state index < -0.39 is 4.92 Å². The van der Waals surface area contributed by atoms with Gasteiger partial charge in [-0.2, -0.15) is 0 Å². The van der Waals surface area contributed by atoms with Crippen molar-refractivity contribution in [2.24, 2.45) is 0 Å². The Labute approximate surface area is 144 Å². The molecule has 0 bridgehead atoms. The number of para-hydroxylation sites is 2. The first-order valence-corrected chi connectivity index (χ1v) is 7.97. The van der Waals surface area contributed by atoms with Gasteiger partial charge in [-0.25, -0.2) is 0 Å². The van der Waals surface area contributed by atoms with Crippen LogP contribution in [-0.4, -0.2) is 10.8 Å². The predicted molar refractivity (Wildman–Crippen MR) is 94.3 cm³/mol. The quantitative estimate of drug-likeness (QED) is 0.561. The van der Waals surface area contributed by atoms with Crippen LogP contribution in [0.4, 0.5) is 5.69 Å². The molecule has 1 aromatic heterocycles. The zero-order chi connectivity index (χ0) is 18.0. The fourth-order valence-corrected chi connectivity index (χ4v) is 2.98. The summed E-state index contributed by atoms with van der Waals surface area (Å²) in [6.45, 7) is 3.79. The number of carbonyl (C=O) groups is 1. The van der Waals surface area contributed by atoms with Crippen LogP contribution in [0.2, 0.25) is 0 Å². The van der Waals surface area contributed by atoms with Crippen LogP contribution in [0.25, 0.3) is 11.0 Å². The van der Waals surface area contributed by atoms with Gasteiger partial charge in [-0.05, 0) is 19.9 Å². The minimum atomic E-state index is -0.477. The summed E-state index contributed by atoms with van der Waals surface area (Å²) < 4.78 is 5.85. The first-order chi connectivity index (χ1) is 12.0. The van der Waals surface area contributed by atoms with Crippen molar-refractivity contribution in [2.45, 2.75) is 26.3 Å². The number of hydrogen-bond acceptors (Lipinski definition) is 4. The number of aryl methyl sites for hydroxylation is 1. The second kappa shape index (κ2) is 6.76. The van der Waals surface area contributed by atoms with Crippen LogP contribution in [0.15, 0.2) is 52.9 Å². The highest BCUT2D eigenvalue weighted by molar-refractivity contribution is 5.83. The Morgan fingerprint density at radius 2 is 1.88 bits per heavy atom. The van der Waals surface area contributed by atoms with Gasteiger partial charge in [0.15, 0.2) is 0 Å². The molecule has 1 amide bonds. The monoisotopic (exact) mass is 338 g/mol.